The van der Waals surface area contributed by atoms with Crippen molar-refractivity contribution in [3.05, 3.63) is 35.9 Å². The van der Waals surface area contributed by atoms with Crippen LogP contribution in [0.3, 0.4) is 0 Å². The molecule has 3 rings (SSSR count). The van der Waals surface area contributed by atoms with Gasteiger partial charge in [-0.05, 0) is 37.2 Å². The molecular formula is C31H46N6O10. The average Bonchev–Trinajstić information content (AvgIpc) is 3.41. The Bertz CT molecular complexity index is 1280. The van der Waals surface area contributed by atoms with Crippen molar-refractivity contribution in [1.29, 1.82) is 0 Å². The zero-order chi connectivity index (χ0) is 34.8. The second-order valence-corrected chi connectivity index (χ2v) is 12.1. The van der Waals surface area contributed by atoms with Crippen LogP contribution in [-0.4, -0.2) is 130 Å². The van der Waals surface area contributed by atoms with E-state index in [4.69, 9.17) is 4.74 Å². The van der Waals surface area contributed by atoms with Crippen molar-refractivity contribution < 1.29 is 48.8 Å². The molecule has 7 unspecified atom stereocenters. The minimum absolute atomic E-state index is 0.0194. The summed E-state index contributed by atoms with van der Waals surface area (Å²) in [4.78, 5) is 77.9. The summed E-state index contributed by atoms with van der Waals surface area (Å²) in [5, 5.41) is 41.5. The van der Waals surface area contributed by atoms with Gasteiger partial charge < -0.3 is 36.0 Å². The second kappa shape index (κ2) is 17.3. The van der Waals surface area contributed by atoms with Crippen molar-refractivity contribution in [3.8, 4) is 0 Å². The first-order valence-corrected chi connectivity index (χ1v) is 15.6. The van der Waals surface area contributed by atoms with Crippen LogP contribution in [0, 0.1) is 5.92 Å². The van der Waals surface area contributed by atoms with E-state index < -0.39 is 83.8 Å². The maximum atomic E-state index is 13.8. The molecule has 16 nitrogen and oxygen atoms in total. The van der Waals surface area contributed by atoms with Gasteiger partial charge in [0.25, 0.3) is 17.7 Å². The largest absolute Gasteiger partial charge is 0.390 e. The van der Waals surface area contributed by atoms with Crippen LogP contribution in [0.5, 0.6) is 0 Å². The number of benzene rings is 1. The van der Waals surface area contributed by atoms with Gasteiger partial charge in [0.05, 0.1) is 12.1 Å². The predicted octanol–water partition coefficient (Wildman–Crippen LogP) is -2.66. The molecule has 0 saturated carbocycles. The van der Waals surface area contributed by atoms with Gasteiger partial charge in [0, 0.05) is 27.1 Å². The Morgan fingerprint density at radius 1 is 1.02 bits per heavy atom. The summed E-state index contributed by atoms with van der Waals surface area (Å²) >= 11 is 0. The number of nitrogens with zero attached hydrogens (tertiary/aromatic N) is 2. The van der Waals surface area contributed by atoms with E-state index in [0.29, 0.717) is 18.5 Å². The maximum absolute atomic E-state index is 13.8. The number of ether oxygens (including phenoxy) is 1. The molecule has 2 aliphatic rings. The van der Waals surface area contributed by atoms with Gasteiger partial charge in [-0.2, -0.15) is 0 Å². The number of imide groups is 1. The predicted molar refractivity (Wildman–Crippen MR) is 166 cm³/mol. The number of methoxy groups -OCH3 is 1. The number of carbonyl (C=O) groups is 6. The molecule has 16 heteroatoms. The van der Waals surface area contributed by atoms with Crippen LogP contribution in [0.25, 0.3) is 0 Å². The van der Waals surface area contributed by atoms with E-state index in [1.54, 1.807) is 44.2 Å². The third-order valence-electron chi connectivity index (χ3n) is 8.20. The molecule has 2 fully saturated rings. The lowest BCUT2D eigenvalue weighted by atomic mass is 9.95. The van der Waals surface area contributed by atoms with Crippen molar-refractivity contribution in [1.82, 2.24) is 31.3 Å². The van der Waals surface area contributed by atoms with Crippen LogP contribution in [-0.2, 0) is 39.9 Å². The number of likely N-dealkylation sites (tertiary alicyclic amines) is 1. The van der Waals surface area contributed by atoms with Crippen LogP contribution in [0.15, 0.2) is 30.3 Å². The van der Waals surface area contributed by atoms with E-state index in [9.17, 15) is 44.1 Å². The van der Waals surface area contributed by atoms with Gasteiger partial charge in [-0.25, -0.2) is 5.43 Å². The molecule has 1 aromatic rings. The zero-order valence-electron chi connectivity index (χ0n) is 27.0. The summed E-state index contributed by atoms with van der Waals surface area (Å²) in [6.07, 6.45) is -4.45. The summed E-state index contributed by atoms with van der Waals surface area (Å²) in [5.74, 6) is -4.75. The Hall–Kier alpha value is -3.96. The molecule has 6 amide bonds. The van der Waals surface area contributed by atoms with Crippen molar-refractivity contribution in [2.45, 2.75) is 88.9 Å². The lowest BCUT2D eigenvalue weighted by molar-refractivity contribution is -0.153. The van der Waals surface area contributed by atoms with Crippen LogP contribution in [0.1, 0.15) is 45.6 Å². The lowest BCUT2D eigenvalue weighted by Gasteiger charge is -2.39. The van der Waals surface area contributed by atoms with E-state index >= 15 is 0 Å². The highest BCUT2D eigenvalue weighted by Crippen LogP contribution is 2.18. The average molecular weight is 663 g/mol. The molecule has 0 aliphatic carbocycles. The first-order valence-electron chi connectivity index (χ1n) is 15.6. The molecule has 0 bridgehead atoms. The summed E-state index contributed by atoms with van der Waals surface area (Å²) in [5.41, 5.74) is 3.53. The van der Waals surface area contributed by atoms with E-state index in [2.05, 4.69) is 21.4 Å². The monoisotopic (exact) mass is 662 g/mol. The Labute approximate surface area is 273 Å². The van der Waals surface area contributed by atoms with Crippen LogP contribution in [0.2, 0.25) is 0 Å². The summed E-state index contributed by atoms with van der Waals surface area (Å²) in [6, 6.07) is 3.82. The molecule has 0 aromatic heterocycles. The third kappa shape index (κ3) is 9.77. The number of carbonyl (C=O) groups excluding carboxylic acids is 6. The van der Waals surface area contributed by atoms with Gasteiger partial charge in [-0.1, -0.05) is 44.2 Å². The Morgan fingerprint density at radius 3 is 2.30 bits per heavy atom. The summed E-state index contributed by atoms with van der Waals surface area (Å²) < 4.78 is 4.83. The van der Waals surface area contributed by atoms with Crippen molar-refractivity contribution >= 4 is 35.4 Å². The fourth-order valence-electron chi connectivity index (χ4n) is 5.55. The van der Waals surface area contributed by atoms with Crippen molar-refractivity contribution in [3.63, 3.8) is 0 Å². The molecule has 2 aliphatic heterocycles. The number of hydrazine groups is 1. The Kier molecular flexibility index (Phi) is 13.8. The normalized spacial score (nSPS) is 21.4. The number of aliphatic hydroxyl groups is 3. The summed E-state index contributed by atoms with van der Waals surface area (Å²) in [6.45, 7) is 4.62. The highest BCUT2D eigenvalue weighted by atomic mass is 16.5. The SMILES string of the molecule is COCC(=O)NC(C(=O)N1NCCCC1C(=O)NC(Cc1ccccc1)C(O)C(O)C(=O)NC1CCN(C(C)=O)C1=O)C(O)C(C)C. The minimum atomic E-state index is -2.08. The standard InChI is InChI=1S/C31H46N6O10/c1-17(2)25(40)24(35-23(39)16-47-4)31(46)37-22(11-8-13-32-37)28(43)34-21(15-19-9-6-5-7-10-19)26(41)27(42)29(44)33-20-12-14-36(18(3)38)30(20)45/h5-7,9-10,17,20-22,24-27,32,40-42H,8,11-16H2,1-4H3,(H,33,44)(H,34,43)(H,35,39). The molecule has 47 heavy (non-hydrogen) atoms. The molecule has 260 valence electrons. The molecule has 0 spiro atoms. The quantitative estimate of drug-likeness (QED) is 0.109. The number of hydrogen-bond donors (Lipinski definition) is 7. The number of rotatable bonds is 14. The van der Waals surface area contributed by atoms with Gasteiger partial charge in [0.1, 0.15) is 30.8 Å². The molecule has 2 saturated heterocycles. The Balaban J connectivity index is 1.81. The number of amides is 6. The van der Waals surface area contributed by atoms with E-state index in [1.165, 1.54) is 14.0 Å². The highest BCUT2D eigenvalue weighted by molar-refractivity contribution is 6.00. The lowest BCUT2D eigenvalue weighted by Crippen LogP contribution is -2.66. The van der Waals surface area contributed by atoms with Crippen LogP contribution < -0.4 is 21.4 Å². The number of nitrogens with one attached hydrogen (secondary N) is 4. The van der Waals surface area contributed by atoms with E-state index in [-0.39, 0.29) is 32.4 Å². The maximum Gasteiger partial charge on any atom is 0.262 e. The van der Waals surface area contributed by atoms with E-state index in [1.807, 2.05) is 0 Å². The fraction of sp³-hybridized carbons (Fsp3) is 0.613. The third-order valence-corrected chi connectivity index (χ3v) is 8.20. The second-order valence-electron chi connectivity index (χ2n) is 12.1. The van der Waals surface area contributed by atoms with Crippen molar-refractivity contribution in [2.75, 3.05) is 26.8 Å². The topological polar surface area (TPSA) is 227 Å². The minimum Gasteiger partial charge on any atom is -0.390 e. The first-order chi connectivity index (χ1) is 22.3. The smallest absolute Gasteiger partial charge is 0.262 e. The molecule has 2 heterocycles. The molecule has 7 atom stereocenters. The molecule has 7 N–H and O–H groups in total. The highest BCUT2D eigenvalue weighted by Gasteiger charge is 2.42. The molecule has 0 radical (unpaired) electrons. The van der Waals surface area contributed by atoms with Crippen LogP contribution in [0.4, 0.5) is 0 Å². The first kappa shape index (κ1) is 37.5. The van der Waals surface area contributed by atoms with Crippen molar-refractivity contribution in [2.24, 2.45) is 5.92 Å². The fourth-order valence-corrected chi connectivity index (χ4v) is 5.55. The van der Waals surface area contributed by atoms with Gasteiger partial charge in [0.15, 0.2) is 6.10 Å². The van der Waals surface area contributed by atoms with Gasteiger partial charge in [0.2, 0.25) is 17.7 Å². The Morgan fingerprint density at radius 2 is 1.70 bits per heavy atom. The van der Waals surface area contributed by atoms with Gasteiger partial charge in [-0.15, -0.1) is 0 Å². The molecular weight excluding hydrogens is 616 g/mol. The molecule has 1 aromatic carbocycles. The zero-order valence-corrected chi connectivity index (χ0v) is 27.0. The number of aliphatic hydroxyl groups excluding tert-OH is 3. The van der Waals surface area contributed by atoms with Crippen LogP contribution >= 0.6 is 0 Å². The van der Waals surface area contributed by atoms with E-state index in [0.717, 1.165) is 9.91 Å². The van der Waals surface area contributed by atoms with Gasteiger partial charge >= 0.3 is 0 Å². The number of hydrogen-bond acceptors (Lipinski definition) is 11. The summed E-state index contributed by atoms with van der Waals surface area (Å²) in [7, 11) is 1.30. The van der Waals surface area contributed by atoms with Gasteiger partial charge in [-0.3, -0.25) is 38.7 Å².